The van der Waals surface area contributed by atoms with E-state index in [-0.39, 0.29) is 0 Å². The van der Waals surface area contributed by atoms with Crippen LogP contribution in [0.2, 0.25) is 20.1 Å². The summed E-state index contributed by atoms with van der Waals surface area (Å²) in [6.07, 6.45) is 1.71. The van der Waals surface area contributed by atoms with Crippen molar-refractivity contribution in [2.75, 3.05) is 10.6 Å². The van der Waals surface area contributed by atoms with Crippen LogP contribution in [0.3, 0.4) is 0 Å². The van der Waals surface area contributed by atoms with E-state index >= 15 is 0 Å². The van der Waals surface area contributed by atoms with Gasteiger partial charge in [0.05, 0.1) is 16.6 Å². The molecule has 3 aromatic rings. The summed E-state index contributed by atoms with van der Waals surface area (Å²) in [7, 11) is 0. The van der Waals surface area contributed by atoms with E-state index in [4.69, 9.17) is 58.6 Å². The first kappa shape index (κ1) is 19.3. The van der Waals surface area contributed by atoms with Crippen LogP contribution in [0.15, 0.2) is 48.7 Å². The quantitative estimate of drug-likeness (QED) is 0.458. The molecule has 26 heavy (non-hydrogen) atoms. The minimum absolute atomic E-state index is 0.369. The number of rotatable bonds is 4. The monoisotopic (exact) mass is 444 g/mol. The van der Waals surface area contributed by atoms with Gasteiger partial charge < -0.3 is 10.6 Å². The van der Waals surface area contributed by atoms with Crippen molar-refractivity contribution in [3.63, 3.8) is 0 Å². The van der Waals surface area contributed by atoms with E-state index in [1.165, 1.54) is 0 Å². The number of nitrogens with one attached hydrogen (secondary N) is 2. The SMILES string of the molecule is S=C(Nc1ccc(Cl)cc1)Nc1nn(Cc2ccc(Cl)c(Cl)c2)cc1Cl. The summed E-state index contributed by atoms with van der Waals surface area (Å²) >= 11 is 29.4. The molecule has 0 saturated heterocycles. The molecular formula is C17H12Cl4N4S. The van der Waals surface area contributed by atoms with Crippen LogP contribution in [0.1, 0.15) is 5.56 Å². The zero-order chi connectivity index (χ0) is 18.7. The van der Waals surface area contributed by atoms with Gasteiger partial charge in [-0.3, -0.25) is 4.68 Å². The van der Waals surface area contributed by atoms with Crippen LogP contribution in [0, 0.1) is 0 Å². The van der Waals surface area contributed by atoms with Crippen LogP contribution in [-0.2, 0) is 6.54 Å². The summed E-state index contributed by atoms with van der Waals surface area (Å²) in [6.45, 7) is 0.496. The number of anilines is 2. The summed E-state index contributed by atoms with van der Waals surface area (Å²) in [5.74, 6) is 0.457. The van der Waals surface area contributed by atoms with Crippen molar-refractivity contribution >= 4 is 75.2 Å². The molecule has 2 N–H and O–H groups in total. The molecule has 0 unspecified atom stereocenters. The fourth-order valence-corrected chi connectivity index (χ4v) is 3.05. The summed E-state index contributed by atoms with van der Waals surface area (Å²) in [4.78, 5) is 0. The van der Waals surface area contributed by atoms with Crippen molar-refractivity contribution in [3.8, 4) is 0 Å². The average molecular weight is 446 g/mol. The molecule has 4 nitrogen and oxygen atoms in total. The fraction of sp³-hybridized carbons (Fsp3) is 0.0588. The molecule has 0 atom stereocenters. The molecule has 2 aromatic carbocycles. The molecular weight excluding hydrogens is 434 g/mol. The van der Waals surface area contributed by atoms with Gasteiger partial charge in [-0.15, -0.1) is 0 Å². The molecule has 0 aliphatic carbocycles. The first-order valence-electron chi connectivity index (χ1n) is 7.41. The highest BCUT2D eigenvalue weighted by atomic mass is 35.5. The summed E-state index contributed by atoms with van der Waals surface area (Å²) in [5.41, 5.74) is 1.75. The molecule has 0 radical (unpaired) electrons. The second kappa shape index (κ2) is 8.46. The summed E-state index contributed by atoms with van der Waals surface area (Å²) in [5, 5.41) is 12.9. The van der Waals surface area contributed by atoms with Gasteiger partial charge in [-0.25, -0.2) is 0 Å². The van der Waals surface area contributed by atoms with Crippen LogP contribution >= 0.6 is 58.6 Å². The van der Waals surface area contributed by atoms with Gasteiger partial charge in [-0.1, -0.05) is 52.5 Å². The lowest BCUT2D eigenvalue weighted by atomic mass is 10.2. The topological polar surface area (TPSA) is 41.9 Å². The molecule has 3 rings (SSSR count). The third-order valence-electron chi connectivity index (χ3n) is 3.38. The largest absolute Gasteiger partial charge is 0.332 e. The van der Waals surface area contributed by atoms with E-state index in [0.717, 1.165) is 11.3 Å². The third-order valence-corrected chi connectivity index (χ3v) is 4.85. The van der Waals surface area contributed by atoms with E-state index < -0.39 is 0 Å². The van der Waals surface area contributed by atoms with E-state index in [0.29, 0.717) is 37.6 Å². The Morgan fingerprint density at radius 3 is 2.35 bits per heavy atom. The molecule has 1 heterocycles. The molecule has 0 bridgehead atoms. The fourth-order valence-electron chi connectivity index (χ4n) is 2.19. The molecule has 0 fully saturated rings. The van der Waals surface area contributed by atoms with Crippen molar-refractivity contribution in [2.45, 2.75) is 6.54 Å². The number of hydrogen-bond donors (Lipinski definition) is 2. The van der Waals surface area contributed by atoms with Gasteiger partial charge in [0, 0.05) is 16.9 Å². The standard InChI is InChI=1S/C17H12Cl4N4S/c18-11-2-4-12(5-3-11)22-17(26)23-16-15(21)9-25(24-16)8-10-1-6-13(19)14(20)7-10/h1-7,9H,8H2,(H2,22,23,24,26). The van der Waals surface area contributed by atoms with Gasteiger partial charge in [-0.2, -0.15) is 5.10 Å². The predicted octanol–water partition coefficient (Wildman–Crippen LogP) is 6.35. The van der Waals surface area contributed by atoms with Crippen LogP contribution in [0.5, 0.6) is 0 Å². The molecule has 9 heteroatoms. The Kier molecular flexibility index (Phi) is 6.27. The normalized spacial score (nSPS) is 10.6. The molecule has 0 aliphatic rings. The first-order valence-corrected chi connectivity index (χ1v) is 9.33. The van der Waals surface area contributed by atoms with Gasteiger partial charge in [0.25, 0.3) is 0 Å². The van der Waals surface area contributed by atoms with Crippen molar-refractivity contribution in [3.05, 3.63) is 74.3 Å². The van der Waals surface area contributed by atoms with Gasteiger partial charge >= 0.3 is 0 Å². The smallest absolute Gasteiger partial charge is 0.176 e. The number of halogens is 4. The first-order chi connectivity index (χ1) is 12.4. The molecule has 1 aromatic heterocycles. The Morgan fingerprint density at radius 1 is 0.923 bits per heavy atom. The maximum atomic E-state index is 6.24. The zero-order valence-corrected chi connectivity index (χ0v) is 17.0. The lowest BCUT2D eigenvalue weighted by molar-refractivity contribution is 0.690. The number of aromatic nitrogens is 2. The highest BCUT2D eigenvalue weighted by Gasteiger charge is 2.10. The lowest BCUT2D eigenvalue weighted by Gasteiger charge is -2.09. The molecule has 134 valence electrons. The second-order valence-electron chi connectivity index (χ2n) is 5.36. The van der Waals surface area contributed by atoms with Gasteiger partial charge in [0.1, 0.15) is 5.02 Å². The van der Waals surface area contributed by atoms with Crippen LogP contribution in [-0.4, -0.2) is 14.9 Å². The summed E-state index contributed by atoms with van der Waals surface area (Å²) in [6, 6.07) is 12.6. The van der Waals surface area contributed by atoms with Gasteiger partial charge in [0.2, 0.25) is 0 Å². The highest BCUT2D eigenvalue weighted by molar-refractivity contribution is 7.80. The lowest BCUT2D eigenvalue weighted by Crippen LogP contribution is -2.19. The Balaban J connectivity index is 1.66. The Labute approximate surface area is 176 Å². The number of nitrogens with zero attached hydrogens (tertiary/aromatic N) is 2. The Hall–Kier alpha value is -1.50. The highest BCUT2D eigenvalue weighted by Crippen LogP contribution is 2.24. The molecule has 0 amide bonds. The van der Waals surface area contributed by atoms with Crippen molar-refractivity contribution in [1.82, 2.24) is 9.78 Å². The van der Waals surface area contributed by atoms with E-state index in [2.05, 4.69) is 15.7 Å². The number of benzene rings is 2. The maximum Gasteiger partial charge on any atom is 0.176 e. The van der Waals surface area contributed by atoms with Crippen LogP contribution in [0.25, 0.3) is 0 Å². The summed E-state index contributed by atoms with van der Waals surface area (Å²) < 4.78 is 1.69. The van der Waals surface area contributed by atoms with Gasteiger partial charge in [0.15, 0.2) is 10.9 Å². The molecule has 0 spiro atoms. The second-order valence-corrected chi connectivity index (χ2v) is 7.42. The van der Waals surface area contributed by atoms with Gasteiger partial charge in [-0.05, 0) is 54.2 Å². The van der Waals surface area contributed by atoms with Crippen LogP contribution in [0.4, 0.5) is 11.5 Å². The van der Waals surface area contributed by atoms with E-state index in [9.17, 15) is 0 Å². The molecule has 0 aliphatic heterocycles. The van der Waals surface area contributed by atoms with Crippen LogP contribution < -0.4 is 10.6 Å². The number of hydrogen-bond acceptors (Lipinski definition) is 2. The van der Waals surface area contributed by atoms with Crippen molar-refractivity contribution in [1.29, 1.82) is 0 Å². The Bertz CT molecular complexity index is 940. The minimum Gasteiger partial charge on any atom is -0.332 e. The number of thiocarbonyl (C=S) groups is 1. The van der Waals surface area contributed by atoms with E-state index in [1.54, 1.807) is 35.1 Å². The minimum atomic E-state index is 0.369. The maximum absolute atomic E-state index is 6.24. The zero-order valence-electron chi connectivity index (χ0n) is 13.1. The van der Waals surface area contributed by atoms with Crippen molar-refractivity contribution in [2.24, 2.45) is 0 Å². The predicted molar refractivity (Wildman–Crippen MR) is 114 cm³/mol. The van der Waals surface area contributed by atoms with E-state index in [1.807, 2.05) is 18.2 Å². The molecule has 0 saturated carbocycles. The average Bonchev–Trinajstić information content (AvgIpc) is 2.92. The third kappa shape index (κ3) is 5.02. The van der Waals surface area contributed by atoms with Crippen molar-refractivity contribution < 1.29 is 0 Å². The Morgan fingerprint density at radius 2 is 1.65 bits per heavy atom.